The first-order valence-corrected chi connectivity index (χ1v) is 10.5. The lowest BCUT2D eigenvalue weighted by Crippen LogP contribution is -2.35. The van der Waals surface area contributed by atoms with Crippen LogP contribution < -0.4 is 26.0 Å². The molecule has 1 amide bonds. The number of benzene rings is 2. The number of unbranched alkanes of at least 4 members (excludes halogenated alkanes) is 1. The molecule has 2 aromatic carbocycles. The average Bonchev–Trinajstić information content (AvgIpc) is 2.81. The van der Waals surface area contributed by atoms with E-state index in [-0.39, 0.29) is 30.8 Å². The number of halogens is 3. The molecular weight excluding hydrogens is 455 g/mol. The Morgan fingerprint density at radius 3 is 2.29 bits per heavy atom. The third kappa shape index (κ3) is 5.77. The van der Waals surface area contributed by atoms with Crippen molar-refractivity contribution in [1.29, 1.82) is 0 Å². The maximum Gasteiger partial charge on any atom is 0.416 e. The van der Waals surface area contributed by atoms with Crippen LogP contribution in [0.2, 0.25) is 0 Å². The number of ether oxygens (including phenoxy) is 2. The Bertz CT molecular complexity index is 1280. The summed E-state index contributed by atoms with van der Waals surface area (Å²) in [4.78, 5) is 39.8. The number of alkyl halides is 3. The maximum absolute atomic E-state index is 12.8. The van der Waals surface area contributed by atoms with Crippen molar-refractivity contribution in [3.8, 4) is 11.5 Å². The molecule has 8 nitrogen and oxygen atoms in total. The van der Waals surface area contributed by atoms with Gasteiger partial charge in [-0.2, -0.15) is 13.2 Å². The Labute approximate surface area is 192 Å². The predicted octanol–water partition coefficient (Wildman–Crippen LogP) is 3.21. The fourth-order valence-electron chi connectivity index (χ4n) is 3.44. The van der Waals surface area contributed by atoms with Gasteiger partial charge in [0.05, 0.1) is 30.7 Å². The van der Waals surface area contributed by atoms with Gasteiger partial charge in [-0.15, -0.1) is 0 Å². The Hall–Kier alpha value is -3.76. The van der Waals surface area contributed by atoms with Gasteiger partial charge < -0.3 is 19.8 Å². The van der Waals surface area contributed by atoms with Gasteiger partial charge in [0.15, 0.2) is 11.5 Å². The van der Waals surface area contributed by atoms with Crippen molar-refractivity contribution in [3.05, 3.63) is 68.4 Å². The number of carbonyl (C=O) groups is 1. The fourth-order valence-corrected chi connectivity index (χ4v) is 3.44. The van der Waals surface area contributed by atoms with E-state index in [0.717, 1.165) is 16.7 Å². The SMILES string of the molecule is COc1cc2[nH]c(=O)n(CCCCC(=O)NCc3ccc(C(F)(F)F)cc3)c(=O)c2cc1OC. The minimum absolute atomic E-state index is 0.103. The second kappa shape index (κ2) is 10.4. The van der Waals surface area contributed by atoms with Gasteiger partial charge in [-0.05, 0) is 36.6 Å². The standard InChI is InChI=1S/C23H24F3N3O5/c1-33-18-11-16-17(12-19(18)34-2)28-22(32)29(21(16)31)10-4-3-5-20(30)27-13-14-6-8-15(9-7-14)23(24,25)26/h6-9,11-12H,3-5,10,13H2,1-2H3,(H,27,30)(H,28,32). The molecule has 0 radical (unpaired) electrons. The number of rotatable bonds is 9. The van der Waals surface area contributed by atoms with E-state index in [4.69, 9.17) is 9.47 Å². The third-order valence-corrected chi connectivity index (χ3v) is 5.29. The highest BCUT2D eigenvalue weighted by Gasteiger charge is 2.29. The molecule has 182 valence electrons. The van der Waals surface area contributed by atoms with Crippen LogP contribution in [0, 0.1) is 0 Å². The summed E-state index contributed by atoms with van der Waals surface area (Å²) >= 11 is 0. The Kier molecular flexibility index (Phi) is 7.64. The Morgan fingerprint density at radius 2 is 1.68 bits per heavy atom. The zero-order chi connectivity index (χ0) is 24.9. The number of fused-ring (bicyclic) bond motifs is 1. The molecule has 0 atom stereocenters. The summed E-state index contributed by atoms with van der Waals surface area (Å²) in [6, 6.07) is 7.57. The summed E-state index contributed by atoms with van der Waals surface area (Å²) < 4.78 is 49.3. The minimum Gasteiger partial charge on any atom is -0.493 e. The van der Waals surface area contributed by atoms with Gasteiger partial charge in [-0.25, -0.2) is 4.79 Å². The van der Waals surface area contributed by atoms with Crippen molar-refractivity contribution in [2.45, 2.75) is 38.5 Å². The van der Waals surface area contributed by atoms with E-state index in [1.807, 2.05) is 0 Å². The van der Waals surface area contributed by atoms with Gasteiger partial charge in [0, 0.05) is 25.6 Å². The number of methoxy groups -OCH3 is 2. The van der Waals surface area contributed by atoms with Gasteiger partial charge in [0.2, 0.25) is 5.91 Å². The lowest BCUT2D eigenvalue weighted by molar-refractivity contribution is -0.137. The van der Waals surface area contributed by atoms with Crippen LogP contribution in [-0.2, 0) is 24.1 Å². The van der Waals surface area contributed by atoms with Gasteiger partial charge in [-0.3, -0.25) is 14.2 Å². The van der Waals surface area contributed by atoms with Gasteiger partial charge in [0.25, 0.3) is 5.56 Å². The molecule has 3 rings (SSSR count). The molecule has 2 N–H and O–H groups in total. The first-order chi connectivity index (χ1) is 16.1. The summed E-state index contributed by atoms with van der Waals surface area (Å²) in [7, 11) is 2.89. The van der Waals surface area contributed by atoms with Crippen LogP contribution in [0.4, 0.5) is 13.2 Å². The number of amides is 1. The van der Waals surface area contributed by atoms with Gasteiger partial charge >= 0.3 is 11.9 Å². The first kappa shape index (κ1) is 24.9. The van der Waals surface area contributed by atoms with Crippen LogP contribution in [0.25, 0.3) is 10.9 Å². The number of carbonyl (C=O) groups excluding carboxylic acids is 1. The summed E-state index contributed by atoms with van der Waals surface area (Å²) in [5.74, 6) is 0.456. The molecule has 34 heavy (non-hydrogen) atoms. The Balaban J connectivity index is 1.55. The molecule has 0 saturated carbocycles. The van der Waals surface area contributed by atoms with E-state index in [1.54, 1.807) is 0 Å². The van der Waals surface area contributed by atoms with Gasteiger partial charge in [0.1, 0.15) is 0 Å². The van der Waals surface area contributed by atoms with Crippen molar-refractivity contribution in [2.24, 2.45) is 0 Å². The molecule has 11 heteroatoms. The molecule has 0 saturated heterocycles. The lowest BCUT2D eigenvalue weighted by atomic mass is 10.1. The number of aromatic nitrogens is 2. The van der Waals surface area contributed by atoms with E-state index in [2.05, 4.69) is 10.3 Å². The number of hydrogen-bond donors (Lipinski definition) is 2. The Morgan fingerprint density at radius 1 is 1.03 bits per heavy atom. The van der Waals surface area contributed by atoms with Gasteiger partial charge in [-0.1, -0.05) is 12.1 Å². The van der Waals surface area contributed by atoms with Crippen LogP contribution in [0.1, 0.15) is 30.4 Å². The third-order valence-electron chi connectivity index (χ3n) is 5.29. The zero-order valence-electron chi connectivity index (χ0n) is 18.6. The quantitative estimate of drug-likeness (QED) is 0.459. The van der Waals surface area contributed by atoms with Crippen LogP contribution in [0.5, 0.6) is 11.5 Å². The molecule has 3 aromatic rings. The van der Waals surface area contributed by atoms with Crippen molar-refractivity contribution in [2.75, 3.05) is 14.2 Å². The van der Waals surface area contributed by atoms with E-state index < -0.39 is 23.0 Å². The number of H-pyrrole nitrogens is 1. The van der Waals surface area contributed by atoms with Crippen molar-refractivity contribution in [1.82, 2.24) is 14.9 Å². The van der Waals surface area contributed by atoms with Crippen molar-refractivity contribution >= 4 is 16.8 Å². The summed E-state index contributed by atoms with van der Waals surface area (Å²) in [5, 5.41) is 2.91. The molecule has 0 bridgehead atoms. The lowest BCUT2D eigenvalue weighted by Gasteiger charge is -2.11. The van der Waals surface area contributed by atoms with Crippen LogP contribution in [0.15, 0.2) is 46.0 Å². The zero-order valence-corrected chi connectivity index (χ0v) is 18.6. The molecule has 0 spiro atoms. The normalized spacial score (nSPS) is 11.4. The number of nitrogens with one attached hydrogen (secondary N) is 2. The highest BCUT2D eigenvalue weighted by atomic mass is 19.4. The second-order valence-electron chi connectivity index (χ2n) is 7.57. The highest BCUT2D eigenvalue weighted by molar-refractivity contribution is 5.81. The molecule has 0 aliphatic rings. The van der Waals surface area contributed by atoms with E-state index in [0.29, 0.717) is 35.4 Å². The molecule has 1 aromatic heterocycles. The predicted molar refractivity (Wildman–Crippen MR) is 119 cm³/mol. The highest BCUT2D eigenvalue weighted by Crippen LogP contribution is 2.30. The second-order valence-corrected chi connectivity index (χ2v) is 7.57. The molecule has 0 aliphatic carbocycles. The minimum atomic E-state index is -4.41. The molecular formula is C23H24F3N3O5. The summed E-state index contributed by atoms with van der Waals surface area (Å²) in [6.45, 7) is 0.219. The summed E-state index contributed by atoms with van der Waals surface area (Å²) in [5.41, 5.74) is -0.934. The first-order valence-electron chi connectivity index (χ1n) is 10.5. The smallest absolute Gasteiger partial charge is 0.416 e. The topological polar surface area (TPSA) is 102 Å². The average molecular weight is 479 g/mol. The van der Waals surface area contributed by atoms with Crippen molar-refractivity contribution in [3.63, 3.8) is 0 Å². The van der Waals surface area contributed by atoms with Crippen molar-refractivity contribution < 1.29 is 27.4 Å². The molecule has 0 aliphatic heterocycles. The molecule has 0 unspecified atom stereocenters. The van der Waals surface area contributed by atoms with E-state index in [1.165, 1.54) is 38.5 Å². The largest absolute Gasteiger partial charge is 0.493 e. The van der Waals surface area contributed by atoms with Crippen LogP contribution in [-0.4, -0.2) is 29.7 Å². The number of aromatic amines is 1. The number of nitrogens with zero attached hydrogens (tertiary/aromatic N) is 1. The summed E-state index contributed by atoms with van der Waals surface area (Å²) in [6.07, 6.45) is -3.45. The van der Waals surface area contributed by atoms with Crippen LogP contribution in [0.3, 0.4) is 0 Å². The molecule has 0 fully saturated rings. The molecule has 1 heterocycles. The van der Waals surface area contributed by atoms with E-state index in [9.17, 15) is 27.6 Å². The monoisotopic (exact) mass is 479 g/mol. The maximum atomic E-state index is 12.8. The van der Waals surface area contributed by atoms with E-state index >= 15 is 0 Å². The van der Waals surface area contributed by atoms with Crippen LogP contribution >= 0.6 is 0 Å². The fraction of sp³-hybridized carbons (Fsp3) is 0.348. The number of hydrogen-bond acceptors (Lipinski definition) is 5.